The fraction of sp³-hybridized carbons (Fsp3) is 0.310. The predicted molar refractivity (Wildman–Crippen MR) is 163 cm³/mol. The van der Waals surface area contributed by atoms with Crippen LogP contribution in [0.2, 0.25) is 0 Å². The van der Waals surface area contributed by atoms with Gasteiger partial charge < -0.3 is 10.2 Å². The minimum atomic E-state index is -3.80. The number of hydrogen-bond donors (Lipinski definition) is 1. The summed E-state index contributed by atoms with van der Waals surface area (Å²) in [6.07, 6.45) is 3.09. The first kappa shape index (κ1) is 30.8. The van der Waals surface area contributed by atoms with Gasteiger partial charge >= 0.3 is 0 Å². The maximum Gasteiger partial charge on any atom is 0.244 e. The van der Waals surface area contributed by atoms with Crippen molar-refractivity contribution in [1.29, 1.82) is 0 Å². The number of hydrogen-bond acceptors (Lipinski definition) is 4. The maximum absolute atomic E-state index is 14.0. The summed E-state index contributed by atoms with van der Waals surface area (Å²) in [7, 11) is -3.80. The van der Waals surface area contributed by atoms with Gasteiger partial charge in [-0.1, -0.05) is 87.7 Å². The van der Waals surface area contributed by atoms with Crippen molar-refractivity contribution < 1.29 is 18.0 Å². The third kappa shape index (κ3) is 9.47. The Morgan fingerprint density at radius 2 is 1.56 bits per heavy atom. The molecule has 39 heavy (non-hydrogen) atoms. The first-order valence-corrected chi connectivity index (χ1v) is 16.1. The van der Waals surface area contributed by atoms with E-state index in [0.29, 0.717) is 12.2 Å². The standard InChI is InChI=1S/C29H33Br2N3O4S/c1-3-4-17-32-29(36)27(19-22-9-6-5-7-10-22)33(20-23-11-8-12-25(31)18-23)28(35)21-34(39(2,37)38)26-15-13-24(30)14-16-26/h5-16,18,27H,3-4,17,19-21H2,1-2H3,(H,32,36)/t27-/m1/s1. The highest BCUT2D eigenvalue weighted by molar-refractivity contribution is 9.10. The van der Waals surface area contributed by atoms with Gasteiger partial charge in [0.1, 0.15) is 12.6 Å². The Hall–Kier alpha value is -2.69. The molecule has 0 aliphatic rings. The zero-order valence-electron chi connectivity index (χ0n) is 22.0. The largest absolute Gasteiger partial charge is 0.354 e. The average Bonchev–Trinajstić information content (AvgIpc) is 2.90. The third-order valence-corrected chi connectivity index (χ3v) is 8.30. The van der Waals surface area contributed by atoms with Gasteiger partial charge in [-0.05, 0) is 53.9 Å². The van der Waals surface area contributed by atoms with Crippen LogP contribution in [0.4, 0.5) is 5.69 Å². The minimum absolute atomic E-state index is 0.134. The summed E-state index contributed by atoms with van der Waals surface area (Å²) >= 11 is 6.84. The summed E-state index contributed by atoms with van der Waals surface area (Å²) in [4.78, 5) is 29.1. The number of nitrogens with zero attached hydrogens (tertiary/aromatic N) is 2. The first-order valence-electron chi connectivity index (χ1n) is 12.7. The van der Waals surface area contributed by atoms with Crippen molar-refractivity contribution in [3.05, 3.63) is 98.9 Å². The normalized spacial score (nSPS) is 12.0. The Kier molecular flexibility index (Phi) is 11.6. The van der Waals surface area contributed by atoms with Gasteiger partial charge in [0.2, 0.25) is 21.8 Å². The molecule has 2 amide bonds. The molecule has 3 aromatic rings. The van der Waals surface area contributed by atoms with E-state index in [0.717, 1.165) is 43.5 Å². The highest BCUT2D eigenvalue weighted by atomic mass is 79.9. The predicted octanol–water partition coefficient (Wildman–Crippen LogP) is 5.53. The number of benzene rings is 3. The molecule has 3 aromatic carbocycles. The molecule has 1 N–H and O–H groups in total. The molecule has 0 fully saturated rings. The second-order valence-corrected chi connectivity index (χ2v) is 13.0. The van der Waals surface area contributed by atoms with Crippen LogP contribution in [0, 0.1) is 0 Å². The summed E-state index contributed by atoms with van der Waals surface area (Å²) in [5.41, 5.74) is 2.07. The van der Waals surface area contributed by atoms with Crippen molar-refractivity contribution in [1.82, 2.24) is 10.2 Å². The van der Waals surface area contributed by atoms with Crippen molar-refractivity contribution >= 4 is 59.4 Å². The number of unbranched alkanes of at least 4 members (excludes halogenated alkanes) is 1. The molecular weight excluding hydrogens is 646 g/mol. The molecule has 3 rings (SSSR count). The summed E-state index contributed by atoms with van der Waals surface area (Å²) in [5.74, 6) is -0.750. The molecule has 0 unspecified atom stereocenters. The van der Waals surface area contributed by atoms with Crippen molar-refractivity contribution in [2.75, 3.05) is 23.7 Å². The Bertz CT molecular complexity index is 1350. The van der Waals surface area contributed by atoms with E-state index in [1.807, 2.05) is 61.5 Å². The summed E-state index contributed by atoms with van der Waals surface area (Å²) in [6, 6.07) is 22.9. The number of carbonyl (C=O) groups is 2. The van der Waals surface area contributed by atoms with Gasteiger partial charge in [0, 0.05) is 28.5 Å². The van der Waals surface area contributed by atoms with E-state index in [-0.39, 0.29) is 18.9 Å². The zero-order valence-corrected chi connectivity index (χ0v) is 26.0. The molecule has 0 bridgehead atoms. The number of anilines is 1. The third-order valence-electron chi connectivity index (χ3n) is 6.14. The number of carbonyl (C=O) groups excluding carboxylic acids is 2. The molecule has 7 nitrogen and oxygen atoms in total. The van der Waals surface area contributed by atoms with Crippen LogP contribution in [0.15, 0.2) is 87.8 Å². The number of rotatable bonds is 13. The molecule has 0 aromatic heterocycles. The lowest BCUT2D eigenvalue weighted by Gasteiger charge is -2.33. The Balaban J connectivity index is 2.02. The lowest BCUT2D eigenvalue weighted by atomic mass is 10.0. The molecule has 0 spiro atoms. The maximum atomic E-state index is 14.0. The van der Waals surface area contributed by atoms with Gasteiger partial charge in [0.15, 0.2) is 0 Å². The van der Waals surface area contributed by atoms with E-state index in [1.54, 1.807) is 24.3 Å². The molecule has 0 saturated heterocycles. The Morgan fingerprint density at radius 3 is 2.18 bits per heavy atom. The van der Waals surface area contributed by atoms with Crippen LogP contribution < -0.4 is 9.62 Å². The Morgan fingerprint density at radius 1 is 0.897 bits per heavy atom. The van der Waals surface area contributed by atoms with Crippen LogP contribution in [0.5, 0.6) is 0 Å². The zero-order chi connectivity index (χ0) is 28.4. The van der Waals surface area contributed by atoms with E-state index in [9.17, 15) is 18.0 Å². The number of halogens is 2. The van der Waals surface area contributed by atoms with Crippen LogP contribution >= 0.6 is 31.9 Å². The molecule has 10 heteroatoms. The van der Waals surface area contributed by atoms with E-state index >= 15 is 0 Å². The summed E-state index contributed by atoms with van der Waals surface area (Å²) in [5, 5.41) is 2.98. The molecule has 0 radical (unpaired) electrons. The van der Waals surface area contributed by atoms with Crippen molar-refractivity contribution in [3.63, 3.8) is 0 Å². The number of nitrogens with one attached hydrogen (secondary N) is 1. The molecule has 0 heterocycles. The van der Waals surface area contributed by atoms with Gasteiger partial charge in [-0.15, -0.1) is 0 Å². The fourth-order valence-electron chi connectivity index (χ4n) is 4.11. The quantitative estimate of drug-likeness (QED) is 0.241. The second-order valence-electron chi connectivity index (χ2n) is 9.25. The highest BCUT2D eigenvalue weighted by Gasteiger charge is 2.33. The number of sulfonamides is 1. The van der Waals surface area contributed by atoms with Crippen molar-refractivity contribution in [2.45, 2.75) is 38.8 Å². The minimum Gasteiger partial charge on any atom is -0.354 e. The average molecular weight is 679 g/mol. The fourth-order valence-corrected chi connectivity index (χ4v) is 5.67. The SMILES string of the molecule is CCCCNC(=O)[C@@H](Cc1ccccc1)N(Cc1cccc(Br)c1)C(=O)CN(c1ccc(Br)cc1)S(C)(=O)=O. The topological polar surface area (TPSA) is 86.8 Å². The molecule has 1 atom stereocenters. The Labute approximate surface area is 247 Å². The van der Waals surface area contributed by atoms with Gasteiger partial charge in [-0.2, -0.15) is 0 Å². The molecular formula is C29H33Br2N3O4S. The smallest absolute Gasteiger partial charge is 0.244 e. The monoisotopic (exact) mass is 677 g/mol. The van der Waals surface area contributed by atoms with Crippen LogP contribution in [0.3, 0.4) is 0 Å². The lowest BCUT2D eigenvalue weighted by molar-refractivity contribution is -0.140. The van der Waals surface area contributed by atoms with E-state index < -0.39 is 28.5 Å². The molecule has 208 valence electrons. The van der Waals surface area contributed by atoms with Crippen LogP contribution in [-0.2, 0) is 32.6 Å². The van der Waals surface area contributed by atoms with Gasteiger partial charge in [0.05, 0.1) is 11.9 Å². The molecule has 0 saturated carbocycles. The van der Waals surface area contributed by atoms with E-state index in [1.165, 1.54) is 4.90 Å². The highest BCUT2D eigenvalue weighted by Crippen LogP contribution is 2.23. The van der Waals surface area contributed by atoms with Gasteiger partial charge in [-0.25, -0.2) is 8.42 Å². The number of amides is 2. The molecule has 0 aliphatic carbocycles. The van der Waals surface area contributed by atoms with Crippen LogP contribution in [0.25, 0.3) is 0 Å². The first-order chi connectivity index (χ1) is 18.6. The van der Waals surface area contributed by atoms with E-state index in [4.69, 9.17) is 0 Å². The lowest BCUT2D eigenvalue weighted by Crippen LogP contribution is -2.53. The van der Waals surface area contributed by atoms with Gasteiger partial charge in [0.25, 0.3) is 0 Å². The van der Waals surface area contributed by atoms with Crippen LogP contribution in [0.1, 0.15) is 30.9 Å². The van der Waals surface area contributed by atoms with Crippen LogP contribution in [-0.4, -0.2) is 50.5 Å². The summed E-state index contributed by atoms with van der Waals surface area (Å²) in [6.45, 7) is 2.23. The van der Waals surface area contributed by atoms with Crippen molar-refractivity contribution in [2.24, 2.45) is 0 Å². The molecule has 0 aliphatic heterocycles. The second kappa shape index (κ2) is 14.6. The van der Waals surface area contributed by atoms with Gasteiger partial charge in [-0.3, -0.25) is 13.9 Å². The summed E-state index contributed by atoms with van der Waals surface area (Å²) < 4.78 is 28.3. The van der Waals surface area contributed by atoms with Crippen molar-refractivity contribution in [3.8, 4) is 0 Å². The van der Waals surface area contributed by atoms with E-state index in [2.05, 4.69) is 37.2 Å².